The number of carbonyl (C=O) groups excluding carboxylic acids is 1. The van der Waals surface area contributed by atoms with Gasteiger partial charge < -0.3 is 13.8 Å². The Balaban J connectivity index is 1.53. The molecule has 7 heteroatoms. The van der Waals surface area contributed by atoms with Crippen LogP contribution in [-0.4, -0.2) is 39.3 Å². The molecule has 0 bridgehead atoms. The molecule has 0 N–H and O–H groups in total. The average Bonchev–Trinajstić information content (AvgIpc) is 3.25. The van der Waals surface area contributed by atoms with Crippen molar-refractivity contribution in [2.24, 2.45) is 11.8 Å². The van der Waals surface area contributed by atoms with Gasteiger partial charge in [-0.15, -0.1) is 10.2 Å². The number of carbonyl (C=O) groups is 1. The first-order valence-corrected chi connectivity index (χ1v) is 8.93. The van der Waals surface area contributed by atoms with Crippen LogP contribution in [0.5, 0.6) is 0 Å². The van der Waals surface area contributed by atoms with Crippen molar-refractivity contribution in [3.63, 3.8) is 0 Å². The van der Waals surface area contributed by atoms with Gasteiger partial charge in [0.15, 0.2) is 0 Å². The van der Waals surface area contributed by atoms with Crippen LogP contribution in [0.2, 0.25) is 0 Å². The SMILES string of the molecule is Cc1noc(C)c1CC(=O)N1CCC(Cc2nnc(CC(C)C)o2)C1. The number of aryl methyl sites for hydroxylation is 2. The molecule has 0 radical (unpaired) electrons. The number of rotatable bonds is 6. The Kier molecular flexibility index (Phi) is 5.20. The van der Waals surface area contributed by atoms with E-state index in [1.54, 1.807) is 0 Å². The van der Waals surface area contributed by atoms with Crippen LogP contribution in [0, 0.1) is 25.7 Å². The van der Waals surface area contributed by atoms with Crippen molar-refractivity contribution < 1.29 is 13.7 Å². The van der Waals surface area contributed by atoms with Crippen LogP contribution in [0.3, 0.4) is 0 Å². The molecule has 0 aliphatic carbocycles. The first-order valence-electron chi connectivity index (χ1n) is 8.93. The minimum absolute atomic E-state index is 0.128. The van der Waals surface area contributed by atoms with Crippen molar-refractivity contribution in [3.8, 4) is 0 Å². The third-order valence-electron chi connectivity index (χ3n) is 4.70. The van der Waals surface area contributed by atoms with Crippen molar-refractivity contribution in [3.05, 3.63) is 28.8 Å². The predicted octanol–water partition coefficient (Wildman–Crippen LogP) is 2.51. The van der Waals surface area contributed by atoms with E-state index >= 15 is 0 Å². The van der Waals surface area contributed by atoms with E-state index in [1.807, 2.05) is 18.7 Å². The smallest absolute Gasteiger partial charge is 0.227 e. The number of aromatic nitrogens is 3. The van der Waals surface area contributed by atoms with Gasteiger partial charge in [0.25, 0.3) is 0 Å². The summed E-state index contributed by atoms with van der Waals surface area (Å²) in [4.78, 5) is 14.5. The lowest BCUT2D eigenvalue weighted by molar-refractivity contribution is -0.129. The second kappa shape index (κ2) is 7.37. The van der Waals surface area contributed by atoms with Gasteiger partial charge >= 0.3 is 0 Å². The highest BCUT2D eigenvalue weighted by atomic mass is 16.5. The van der Waals surface area contributed by atoms with Crippen molar-refractivity contribution in [1.29, 1.82) is 0 Å². The molecule has 0 saturated carbocycles. The molecular formula is C18H26N4O3. The number of amides is 1. The Morgan fingerprint density at radius 2 is 2.04 bits per heavy atom. The van der Waals surface area contributed by atoms with E-state index in [4.69, 9.17) is 8.94 Å². The van der Waals surface area contributed by atoms with Crippen LogP contribution in [-0.2, 0) is 24.1 Å². The van der Waals surface area contributed by atoms with Gasteiger partial charge in [0.1, 0.15) is 5.76 Å². The van der Waals surface area contributed by atoms with Crippen LogP contribution < -0.4 is 0 Å². The zero-order chi connectivity index (χ0) is 18.0. The second-order valence-electron chi connectivity index (χ2n) is 7.37. The molecule has 25 heavy (non-hydrogen) atoms. The van der Waals surface area contributed by atoms with Gasteiger partial charge in [-0.05, 0) is 32.1 Å². The number of nitrogens with zero attached hydrogens (tertiary/aromatic N) is 4. The molecule has 2 aromatic heterocycles. The predicted molar refractivity (Wildman–Crippen MR) is 90.9 cm³/mol. The molecule has 1 aliphatic rings. The van der Waals surface area contributed by atoms with Gasteiger partial charge in [0.05, 0.1) is 12.1 Å². The maximum Gasteiger partial charge on any atom is 0.227 e. The molecule has 3 rings (SSSR count). The Bertz CT molecular complexity index is 715. The molecule has 1 amide bonds. The second-order valence-corrected chi connectivity index (χ2v) is 7.37. The molecule has 7 nitrogen and oxygen atoms in total. The zero-order valence-electron chi connectivity index (χ0n) is 15.4. The van der Waals surface area contributed by atoms with E-state index in [9.17, 15) is 4.79 Å². The first kappa shape index (κ1) is 17.6. The van der Waals surface area contributed by atoms with Crippen molar-refractivity contribution >= 4 is 5.91 Å². The lowest BCUT2D eigenvalue weighted by Crippen LogP contribution is -2.30. The summed E-state index contributed by atoms with van der Waals surface area (Å²) >= 11 is 0. The molecule has 1 atom stereocenters. The van der Waals surface area contributed by atoms with Crippen LogP contribution in [0.15, 0.2) is 8.94 Å². The number of hydrogen-bond donors (Lipinski definition) is 0. The Hall–Kier alpha value is -2.18. The summed E-state index contributed by atoms with van der Waals surface area (Å²) < 4.78 is 10.9. The van der Waals surface area contributed by atoms with Crippen LogP contribution in [0.25, 0.3) is 0 Å². The lowest BCUT2D eigenvalue weighted by atomic mass is 10.1. The number of likely N-dealkylation sites (tertiary alicyclic amines) is 1. The monoisotopic (exact) mass is 346 g/mol. The molecule has 1 saturated heterocycles. The van der Waals surface area contributed by atoms with E-state index in [0.29, 0.717) is 30.0 Å². The van der Waals surface area contributed by atoms with Crippen molar-refractivity contribution in [2.45, 2.75) is 53.4 Å². The summed E-state index contributed by atoms with van der Waals surface area (Å²) in [5.74, 6) is 3.11. The third-order valence-corrected chi connectivity index (χ3v) is 4.70. The van der Waals surface area contributed by atoms with E-state index in [2.05, 4.69) is 29.2 Å². The molecular weight excluding hydrogens is 320 g/mol. The molecule has 0 aromatic carbocycles. The molecule has 136 valence electrons. The third kappa shape index (κ3) is 4.27. The topological polar surface area (TPSA) is 85.3 Å². The first-order chi connectivity index (χ1) is 11.9. The Labute approximate surface area is 147 Å². The van der Waals surface area contributed by atoms with Crippen LogP contribution in [0.4, 0.5) is 0 Å². The molecule has 1 fully saturated rings. The summed E-state index contributed by atoms with van der Waals surface area (Å²) in [6, 6.07) is 0. The highest BCUT2D eigenvalue weighted by Crippen LogP contribution is 2.22. The average molecular weight is 346 g/mol. The van der Waals surface area contributed by atoms with Crippen molar-refractivity contribution in [2.75, 3.05) is 13.1 Å². The fraction of sp³-hybridized carbons (Fsp3) is 0.667. The fourth-order valence-corrected chi connectivity index (χ4v) is 3.29. The van der Waals surface area contributed by atoms with Gasteiger partial charge in [-0.2, -0.15) is 0 Å². The van der Waals surface area contributed by atoms with E-state index in [-0.39, 0.29) is 5.91 Å². The summed E-state index contributed by atoms with van der Waals surface area (Å²) in [5.41, 5.74) is 1.70. The molecule has 1 unspecified atom stereocenters. The normalized spacial score (nSPS) is 17.6. The summed E-state index contributed by atoms with van der Waals surface area (Å²) in [7, 11) is 0. The highest BCUT2D eigenvalue weighted by molar-refractivity contribution is 5.79. The maximum atomic E-state index is 12.5. The molecule has 1 aliphatic heterocycles. The minimum Gasteiger partial charge on any atom is -0.425 e. The van der Waals surface area contributed by atoms with Gasteiger partial charge in [0, 0.05) is 31.5 Å². The molecule has 0 spiro atoms. The van der Waals surface area contributed by atoms with Gasteiger partial charge in [0.2, 0.25) is 17.7 Å². The lowest BCUT2D eigenvalue weighted by Gasteiger charge is -2.16. The Morgan fingerprint density at radius 3 is 2.72 bits per heavy atom. The molecule has 2 aromatic rings. The van der Waals surface area contributed by atoms with E-state index in [1.165, 1.54) is 0 Å². The minimum atomic E-state index is 0.128. The zero-order valence-corrected chi connectivity index (χ0v) is 15.4. The summed E-state index contributed by atoms with van der Waals surface area (Å²) in [5, 5.41) is 12.2. The molecule has 3 heterocycles. The fourth-order valence-electron chi connectivity index (χ4n) is 3.29. The van der Waals surface area contributed by atoms with Crippen LogP contribution in [0.1, 0.15) is 49.1 Å². The highest BCUT2D eigenvalue weighted by Gasteiger charge is 2.28. The van der Waals surface area contributed by atoms with Crippen molar-refractivity contribution in [1.82, 2.24) is 20.3 Å². The summed E-state index contributed by atoms with van der Waals surface area (Å²) in [6.07, 6.45) is 2.86. The van der Waals surface area contributed by atoms with Gasteiger partial charge in [-0.25, -0.2) is 0 Å². The number of hydrogen-bond acceptors (Lipinski definition) is 6. The summed E-state index contributed by atoms with van der Waals surface area (Å²) in [6.45, 7) is 9.49. The van der Waals surface area contributed by atoms with Crippen LogP contribution >= 0.6 is 0 Å². The van der Waals surface area contributed by atoms with Gasteiger partial charge in [-0.3, -0.25) is 4.79 Å². The van der Waals surface area contributed by atoms with Gasteiger partial charge in [-0.1, -0.05) is 19.0 Å². The quantitative estimate of drug-likeness (QED) is 0.799. The van der Waals surface area contributed by atoms with E-state index < -0.39 is 0 Å². The Morgan fingerprint density at radius 1 is 1.28 bits per heavy atom. The standard InChI is InChI=1S/C18H26N4O3/c1-11(2)7-16-19-20-17(24-16)8-14-5-6-22(10-14)18(23)9-15-12(3)21-25-13(15)4/h11,14H,5-10H2,1-4H3. The van der Waals surface area contributed by atoms with E-state index in [0.717, 1.165) is 49.4 Å². The largest absolute Gasteiger partial charge is 0.425 e. The maximum absolute atomic E-state index is 12.5.